The molecule has 0 aliphatic carbocycles. The molecule has 154 valence electrons. The zero-order valence-electron chi connectivity index (χ0n) is 16.0. The first-order chi connectivity index (χ1) is 14.0. The molecular weight excluding hydrogens is 376 g/mol. The van der Waals surface area contributed by atoms with Crippen LogP contribution < -0.4 is 10.6 Å². The van der Waals surface area contributed by atoms with Crippen LogP contribution in [-0.4, -0.2) is 41.3 Å². The number of nitro groups is 1. The molecule has 1 aliphatic rings. The molecule has 0 atom stereocenters. The number of anilines is 1. The summed E-state index contributed by atoms with van der Waals surface area (Å²) in [4.78, 5) is 36.7. The minimum absolute atomic E-state index is 0.0148. The topological polar surface area (TPSA) is 118 Å². The third-order valence-electron chi connectivity index (χ3n) is 4.99. The summed E-state index contributed by atoms with van der Waals surface area (Å²) in [5.74, 6) is 0.610. The van der Waals surface area contributed by atoms with Crippen molar-refractivity contribution in [1.82, 2.24) is 10.2 Å². The maximum atomic E-state index is 12.3. The van der Waals surface area contributed by atoms with Gasteiger partial charge in [-0.15, -0.1) is 0 Å². The second kappa shape index (κ2) is 9.83. The highest BCUT2D eigenvalue weighted by Crippen LogP contribution is 2.19. The van der Waals surface area contributed by atoms with Crippen molar-refractivity contribution in [3.63, 3.8) is 0 Å². The maximum absolute atomic E-state index is 12.3. The van der Waals surface area contributed by atoms with Gasteiger partial charge in [0.25, 0.3) is 5.69 Å². The molecule has 9 heteroatoms. The number of amides is 2. The summed E-state index contributed by atoms with van der Waals surface area (Å²) in [6.45, 7) is 2.54. The number of hydrogen-bond donors (Lipinski definition) is 2. The first kappa shape index (κ1) is 20.5. The van der Waals surface area contributed by atoms with Crippen LogP contribution in [0.25, 0.3) is 0 Å². The number of rotatable bonds is 8. The van der Waals surface area contributed by atoms with E-state index in [2.05, 4.69) is 15.5 Å². The predicted molar refractivity (Wildman–Crippen MR) is 106 cm³/mol. The number of nitrogens with one attached hydrogen (secondary N) is 2. The number of benzene rings is 1. The van der Waals surface area contributed by atoms with Gasteiger partial charge in [0.05, 0.1) is 17.7 Å². The van der Waals surface area contributed by atoms with Gasteiger partial charge in [-0.2, -0.15) is 0 Å². The van der Waals surface area contributed by atoms with Gasteiger partial charge in [-0.05, 0) is 50.2 Å². The minimum atomic E-state index is -0.480. The Morgan fingerprint density at radius 2 is 1.90 bits per heavy atom. The van der Waals surface area contributed by atoms with Crippen LogP contribution in [0.2, 0.25) is 0 Å². The van der Waals surface area contributed by atoms with Crippen molar-refractivity contribution in [2.45, 2.75) is 25.8 Å². The Bertz CT molecular complexity index is 827. The van der Waals surface area contributed by atoms with Gasteiger partial charge in [0.2, 0.25) is 11.8 Å². The number of nitro benzene ring substituents is 1. The summed E-state index contributed by atoms with van der Waals surface area (Å²) in [6.07, 6.45) is 3.42. The van der Waals surface area contributed by atoms with E-state index in [9.17, 15) is 19.7 Å². The lowest BCUT2D eigenvalue weighted by atomic mass is 9.96. The van der Waals surface area contributed by atoms with E-state index in [4.69, 9.17) is 4.42 Å². The highest BCUT2D eigenvalue weighted by molar-refractivity contribution is 5.90. The molecule has 2 aromatic rings. The Labute approximate surface area is 168 Å². The quantitative estimate of drug-likeness (QED) is 0.519. The van der Waals surface area contributed by atoms with Gasteiger partial charge in [-0.3, -0.25) is 19.7 Å². The monoisotopic (exact) mass is 400 g/mol. The summed E-state index contributed by atoms with van der Waals surface area (Å²) < 4.78 is 5.21. The van der Waals surface area contributed by atoms with Gasteiger partial charge in [-0.1, -0.05) is 0 Å². The number of piperidine rings is 1. The van der Waals surface area contributed by atoms with Crippen molar-refractivity contribution < 1.29 is 18.9 Å². The number of non-ortho nitro benzene ring substituents is 1. The number of nitrogens with zero attached hydrogens (tertiary/aromatic N) is 2. The summed E-state index contributed by atoms with van der Waals surface area (Å²) in [5, 5.41) is 16.3. The molecule has 0 radical (unpaired) electrons. The van der Waals surface area contributed by atoms with Crippen molar-refractivity contribution >= 4 is 23.2 Å². The molecule has 0 unspecified atom stereocenters. The Balaban J connectivity index is 1.34. The van der Waals surface area contributed by atoms with E-state index >= 15 is 0 Å². The lowest BCUT2D eigenvalue weighted by Crippen LogP contribution is -2.41. The molecule has 3 rings (SSSR count). The van der Waals surface area contributed by atoms with E-state index in [1.165, 1.54) is 24.3 Å². The number of carbonyl (C=O) groups excluding carboxylic acids is 2. The van der Waals surface area contributed by atoms with E-state index in [0.29, 0.717) is 25.2 Å². The lowest BCUT2D eigenvalue weighted by Gasteiger charge is -2.31. The second-order valence-corrected chi connectivity index (χ2v) is 7.02. The van der Waals surface area contributed by atoms with Crippen LogP contribution in [0.1, 0.15) is 25.0 Å². The Kier molecular flexibility index (Phi) is 6.96. The molecular formula is C20H24N4O5. The molecule has 2 heterocycles. The molecule has 2 N–H and O–H groups in total. The summed E-state index contributed by atoms with van der Waals surface area (Å²) >= 11 is 0. The molecule has 9 nitrogen and oxygen atoms in total. The molecule has 29 heavy (non-hydrogen) atoms. The Hall–Kier alpha value is -3.20. The van der Waals surface area contributed by atoms with E-state index < -0.39 is 4.92 Å². The van der Waals surface area contributed by atoms with Crippen LogP contribution in [0.3, 0.4) is 0 Å². The highest BCUT2D eigenvalue weighted by Gasteiger charge is 2.25. The van der Waals surface area contributed by atoms with Crippen molar-refractivity contribution in [2.75, 3.05) is 25.0 Å². The molecule has 1 fully saturated rings. The van der Waals surface area contributed by atoms with Gasteiger partial charge < -0.3 is 20.0 Å². The zero-order valence-corrected chi connectivity index (χ0v) is 16.0. The highest BCUT2D eigenvalue weighted by atomic mass is 16.6. The summed E-state index contributed by atoms with van der Waals surface area (Å²) in [7, 11) is 0. The van der Waals surface area contributed by atoms with Gasteiger partial charge >= 0.3 is 0 Å². The minimum Gasteiger partial charge on any atom is -0.467 e. The number of furan rings is 1. The van der Waals surface area contributed by atoms with Gasteiger partial charge in [0, 0.05) is 36.7 Å². The van der Waals surface area contributed by atoms with Crippen molar-refractivity contribution in [3.05, 3.63) is 58.5 Å². The number of carbonyl (C=O) groups is 2. The third kappa shape index (κ3) is 6.15. The molecule has 1 aliphatic heterocycles. The summed E-state index contributed by atoms with van der Waals surface area (Å²) in [6, 6.07) is 9.36. The molecule has 1 saturated heterocycles. The van der Waals surface area contributed by atoms with Crippen LogP contribution >= 0.6 is 0 Å². The van der Waals surface area contributed by atoms with Gasteiger partial charge in [0.15, 0.2) is 0 Å². The molecule has 1 aromatic carbocycles. The SMILES string of the molecule is O=C(CCN1CCC(C(=O)NCc2ccco2)CC1)Nc1ccc([N+](=O)[O-])cc1. The van der Waals surface area contributed by atoms with Crippen LogP contribution in [0, 0.1) is 16.0 Å². The third-order valence-corrected chi connectivity index (χ3v) is 4.99. The van der Waals surface area contributed by atoms with Gasteiger partial charge in [0.1, 0.15) is 5.76 Å². The van der Waals surface area contributed by atoms with Crippen LogP contribution in [0.5, 0.6) is 0 Å². The van der Waals surface area contributed by atoms with Crippen LogP contribution in [0.15, 0.2) is 47.1 Å². The fraction of sp³-hybridized carbons (Fsp3) is 0.400. The lowest BCUT2D eigenvalue weighted by molar-refractivity contribution is -0.384. The normalized spacial score (nSPS) is 15.0. The number of likely N-dealkylation sites (tertiary alicyclic amines) is 1. The smallest absolute Gasteiger partial charge is 0.269 e. The first-order valence-corrected chi connectivity index (χ1v) is 9.58. The van der Waals surface area contributed by atoms with E-state index in [1.807, 2.05) is 6.07 Å². The number of hydrogen-bond acceptors (Lipinski definition) is 6. The molecule has 0 spiro atoms. The fourth-order valence-corrected chi connectivity index (χ4v) is 3.30. The Morgan fingerprint density at radius 3 is 2.52 bits per heavy atom. The maximum Gasteiger partial charge on any atom is 0.269 e. The van der Waals surface area contributed by atoms with E-state index in [0.717, 1.165) is 31.7 Å². The van der Waals surface area contributed by atoms with E-state index in [1.54, 1.807) is 12.3 Å². The average Bonchev–Trinajstić information content (AvgIpc) is 3.25. The fourth-order valence-electron chi connectivity index (χ4n) is 3.30. The van der Waals surface area contributed by atoms with Crippen molar-refractivity contribution in [2.24, 2.45) is 5.92 Å². The van der Waals surface area contributed by atoms with Crippen molar-refractivity contribution in [1.29, 1.82) is 0 Å². The van der Waals surface area contributed by atoms with Crippen LogP contribution in [-0.2, 0) is 16.1 Å². The second-order valence-electron chi connectivity index (χ2n) is 7.02. The first-order valence-electron chi connectivity index (χ1n) is 9.58. The molecule has 1 aromatic heterocycles. The molecule has 0 bridgehead atoms. The van der Waals surface area contributed by atoms with Crippen LogP contribution in [0.4, 0.5) is 11.4 Å². The van der Waals surface area contributed by atoms with E-state index in [-0.39, 0.29) is 23.4 Å². The summed E-state index contributed by atoms with van der Waals surface area (Å²) in [5.41, 5.74) is 0.520. The molecule has 2 amide bonds. The zero-order chi connectivity index (χ0) is 20.6. The molecule has 0 saturated carbocycles. The van der Waals surface area contributed by atoms with Gasteiger partial charge in [-0.25, -0.2) is 0 Å². The Morgan fingerprint density at radius 1 is 1.17 bits per heavy atom. The predicted octanol–water partition coefficient (Wildman–Crippen LogP) is 2.54. The largest absolute Gasteiger partial charge is 0.467 e. The standard InChI is InChI=1S/C20H24N4O5/c25-19(22-16-3-5-17(6-4-16)24(27)28)9-12-23-10-7-15(8-11-23)20(26)21-14-18-2-1-13-29-18/h1-6,13,15H,7-12,14H2,(H,21,26)(H,22,25). The van der Waals surface area contributed by atoms with Crippen molar-refractivity contribution in [3.8, 4) is 0 Å². The average molecular weight is 400 g/mol.